The number of hydrogen-bond acceptors (Lipinski definition) is 2. The lowest BCUT2D eigenvalue weighted by molar-refractivity contribution is -0.137. The lowest BCUT2D eigenvalue weighted by Crippen LogP contribution is -2.49. The molecule has 3 nitrogen and oxygen atoms in total. The van der Waals surface area contributed by atoms with E-state index in [1.165, 1.54) is 6.07 Å². The highest BCUT2D eigenvalue weighted by atomic mass is 35.5. The average molecular weight is 271 g/mol. The van der Waals surface area contributed by atoms with Crippen LogP contribution in [-0.2, 0) is 4.79 Å². The minimum atomic E-state index is -0.479. The fourth-order valence-electron chi connectivity index (χ4n) is 2.50. The van der Waals surface area contributed by atoms with Crippen LogP contribution < -0.4 is 5.73 Å². The second-order valence-corrected chi connectivity index (χ2v) is 4.88. The van der Waals surface area contributed by atoms with E-state index in [0.29, 0.717) is 24.9 Å². The second-order valence-electron chi connectivity index (χ2n) is 4.47. The van der Waals surface area contributed by atoms with Crippen molar-refractivity contribution in [3.8, 4) is 0 Å². The highest BCUT2D eigenvalue weighted by Gasteiger charge is 2.35. The zero-order valence-corrected chi connectivity index (χ0v) is 11.0. The summed E-state index contributed by atoms with van der Waals surface area (Å²) in [4.78, 5) is 13.5. The third-order valence-electron chi connectivity index (χ3n) is 3.39. The van der Waals surface area contributed by atoms with Gasteiger partial charge >= 0.3 is 0 Å². The van der Waals surface area contributed by atoms with Gasteiger partial charge in [-0.2, -0.15) is 0 Å². The maximum absolute atomic E-state index is 14.1. The van der Waals surface area contributed by atoms with E-state index in [0.717, 1.165) is 0 Å². The molecule has 18 heavy (non-hydrogen) atoms. The molecule has 0 aromatic heterocycles. The molecule has 1 heterocycles. The maximum Gasteiger partial charge on any atom is 0.223 e. The Morgan fingerprint density at radius 2 is 2.28 bits per heavy atom. The van der Waals surface area contributed by atoms with Crippen molar-refractivity contribution in [3.05, 3.63) is 34.6 Å². The van der Waals surface area contributed by atoms with Gasteiger partial charge in [-0.3, -0.25) is 4.79 Å². The number of amides is 1. The Bertz CT molecular complexity index is 466. The predicted molar refractivity (Wildman–Crippen MR) is 68.7 cm³/mol. The fraction of sp³-hybridized carbons (Fsp3) is 0.462. The van der Waals surface area contributed by atoms with Crippen LogP contribution in [0.4, 0.5) is 4.39 Å². The van der Waals surface area contributed by atoms with E-state index in [1.54, 1.807) is 17.0 Å². The molecule has 0 aliphatic carbocycles. The van der Waals surface area contributed by atoms with Gasteiger partial charge < -0.3 is 10.6 Å². The van der Waals surface area contributed by atoms with E-state index < -0.39 is 11.9 Å². The van der Waals surface area contributed by atoms with Gasteiger partial charge in [0.1, 0.15) is 5.82 Å². The first kappa shape index (κ1) is 13.3. The molecule has 0 radical (unpaired) electrons. The zero-order valence-electron chi connectivity index (χ0n) is 10.2. The van der Waals surface area contributed by atoms with Crippen LogP contribution in [0.15, 0.2) is 18.2 Å². The van der Waals surface area contributed by atoms with Gasteiger partial charge in [-0.05, 0) is 19.4 Å². The number of rotatable bonds is 2. The summed E-state index contributed by atoms with van der Waals surface area (Å²) in [6.07, 6.45) is 1.000. The summed E-state index contributed by atoms with van der Waals surface area (Å²) in [5.41, 5.74) is 6.46. The molecule has 5 heteroatoms. The first-order valence-corrected chi connectivity index (χ1v) is 6.43. The number of halogens is 2. The Labute approximate surface area is 111 Å². The monoisotopic (exact) mass is 270 g/mol. The van der Waals surface area contributed by atoms with E-state index >= 15 is 0 Å². The summed E-state index contributed by atoms with van der Waals surface area (Å²) in [5.74, 6) is -0.462. The number of nitrogens with two attached hydrogens (primary N) is 1. The average Bonchev–Trinajstić information content (AvgIpc) is 2.36. The van der Waals surface area contributed by atoms with Crippen LogP contribution in [0.3, 0.4) is 0 Å². The van der Waals surface area contributed by atoms with E-state index in [1.807, 2.05) is 6.92 Å². The molecular formula is C13H16ClFN2O. The van der Waals surface area contributed by atoms with Crippen LogP contribution in [0.2, 0.25) is 5.02 Å². The Morgan fingerprint density at radius 1 is 1.56 bits per heavy atom. The SMILES string of the molecule is CCN1C(=O)CCC(N)C1c1cccc(Cl)c1F. The minimum Gasteiger partial charge on any atom is -0.334 e. The molecule has 2 atom stereocenters. The maximum atomic E-state index is 14.1. The molecule has 2 unspecified atom stereocenters. The third-order valence-corrected chi connectivity index (χ3v) is 3.69. The molecule has 1 fully saturated rings. The zero-order chi connectivity index (χ0) is 13.3. The molecule has 1 aromatic rings. The molecular weight excluding hydrogens is 255 g/mol. The number of piperidine rings is 1. The molecule has 1 saturated heterocycles. The second kappa shape index (κ2) is 5.24. The summed E-state index contributed by atoms with van der Waals surface area (Å²) in [6, 6.07) is 4.14. The van der Waals surface area contributed by atoms with Gasteiger partial charge in [0.15, 0.2) is 0 Å². The van der Waals surface area contributed by atoms with Gasteiger partial charge in [-0.1, -0.05) is 23.7 Å². The number of hydrogen-bond donors (Lipinski definition) is 1. The van der Waals surface area contributed by atoms with Crippen LogP contribution in [0, 0.1) is 5.82 Å². The standard InChI is InChI=1S/C13H16ClFN2O/c1-2-17-11(18)7-6-10(16)13(17)8-4-3-5-9(14)12(8)15/h3-5,10,13H,2,6-7,16H2,1H3. The number of likely N-dealkylation sites (tertiary alicyclic amines) is 1. The van der Waals surface area contributed by atoms with E-state index in [4.69, 9.17) is 17.3 Å². The van der Waals surface area contributed by atoms with Gasteiger partial charge in [0, 0.05) is 24.6 Å². The smallest absolute Gasteiger partial charge is 0.223 e. The summed E-state index contributed by atoms with van der Waals surface area (Å²) < 4.78 is 14.1. The molecule has 2 N–H and O–H groups in total. The van der Waals surface area contributed by atoms with Crippen molar-refractivity contribution in [2.24, 2.45) is 5.73 Å². The molecule has 1 amide bonds. The Balaban J connectivity index is 2.45. The largest absolute Gasteiger partial charge is 0.334 e. The fourth-order valence-corrected chi connectivity index (χ4v) is 2.68. The van der Waals surface area contributed by atoms with E-state index in [-0.39, 0.29) is 17.0 Å². The summed E-state index contributed by atoms with van der Waals surface area (Å²) in [6.45, 7) is 2.38. The van der Waals surface area contributed by atoms with Crippen molar-refractivity contribution < 1.29 is 9.18 Å². The van der Waals surface area contributed by atoms with Crippen molar-refractivity contribution in [2.45, 2.75) is 31.8 Å². The topological polar surface area (TPSA) is 46.3 Å². The number of carbonyl (C=O) groups is 1. The highest BCUT2D eigenvalue weighted by Crippen LogP contribution is 2.34. The molecule has 1 aliphatic heterocycles. The molecule has 2 rings (SSSR count). The molecule has 1 aromatic carbocycles. The number of likely N-dealkylation sites (N-methyl/N-ethyl adjacent to an activating group) is 1. The predicted octanol–water partition coefficient (Wildman–Crippen LogP) is 2.49. The highest BCUT2D eigenvalue weighted by molar-refractivity contribution is 6.30. The Morgan fingerprint density at radius 3 is 2.94 bits per heavy atom. The van der Waals surface area contributed by atoms with E-state index in [2.05, 4.69) is 0 Å². The molecule has 1 aliphatic rings. The van der Waals surface area contributed by atoms with Gasteiger partial charge in [-0.15, -0.1) is 0 Å². The van der Waals surface area contributed by atoms with Crippen LogP contribution in [0.1, 0.15) is 31.4 Å². The summed E-state index contributed by atoms with van der Waals surface area (Å²) in [5, 5.41) is 0.0637. The van der Waals surface area contributed by atoms with Crippen LogP contribution in [-0.4, -0.2) is 23.4 Å². The van der Waals surface area contributed by atoms with E-state index in [9.17, 15) is 9.18 Å². The van der Waals surface area contributed by atoms with Crippen molar-refractivity contribution >= 4 is 17.5 Å². The summed E-state index contributed by atoms with van der Waals surface area (Å²) >= 11 is 5.79. The van der Waals surface area contributed by atoms with Crippen LogP contribution in [0.5, 0.6) is 0 Å². The first-order chi connectivity index (χ1) is 8.56. The van der Waals surface area contributed by atoms with Crippen LogP contribution >= 0.6 is 11.6 Å². The normalized spacial score (nSPS) is 24.4. The number of carbonyl (C=O) groups excluding carboxylic acids is 1. The van der Waals surface area contributed by atoms with Crippen molar-refractivity contribution in [3.63, 3.8) is 0 Å². The van der Waals surface area contributed by atoms with Gasteiger partial charge in [0.25, 0.3) is 0 Å². The van der Waals surface area contributed by atoms with Crippen molar-refractivity contribution in [1.29, 1.82) is 0 Å². The molecule has 98 valence electrons. The first-order valence-electron chi connectivity index (χ1n) is 6.05. The Kier molecular flexibility index (Phi) is 3.88. The summed E-state index contributed by atoms with van der Waals surface area (Å²) in [7, 11) is 0. The molecule has 0 bridgehead atoms. The lowest BCUT2D eigenvalue weighted by Gasteiger charge is -2.39. The number of benzene rings is 1. The Hall–Kier alpha value is -1.13. The van der Waals surface area contributed by atoms with Gasteiger partial charge in [0.05, 0.1) is 11.1 Å². The minimum absolute atomic E-state index is 0.0172. The van der Waals surface area contributed by atoms with Crippen molar-refractivity contribution in [2.75, 3.05) is 6.54 Å². The number of nitrogens with zero attached hydrogens (tertiary/aromatic N) is 1. The third kappa shape index (κ3) is 2.22. The molecule has 0 saturated carbocycles. The van der Waals surface area contributed by atoms with Crippen LogP contribution in [0.25, 0.3) is 0 Å². The van der Waals surface area contributed by atoms with Gasteiger partial charge in [0.2, 0.25) is 5.91 Å². The lowest BCUT2D eigenvalue weighted by atomic mass is 9.90. The van der Waals surface area contributed by atoms with Crippen molar-refractivity contribution in [1.82, 2.24) is 4.90 Å². The quantitative estimate of drug-likeness (QED) is 0.897. The van der Waals surface area contributed by atoms with Gasteiger partial charge in [-0.25, -0.2) is 4.39 Å². The molecule has 0 spiro atoms.